The Bertz CT molecular complexity index is 874. The highest BCUT2D eigenvalue weighted by atomic mass is 16.5. The maximum atomic E-state index is 5.16. The van der Waals surface area contributed by atoms with Gasteiger partial charge in [-0.1, -0.05) is 12.1 Å². The molecule has 0 unspecified atom stereocenters. The molecule has 0 saturated carbocycles. The molecule has 0 fully saturated rings. The zero-order valence-electron chi connectivity index (χ0n) is 16.3. The van der Waals surface area contributed by atoms with Gasteiger partial charge in [-0.05, 0) is 48.7 Å². The van der Waals surface area contributed by atoms with E-state index in [1.807, 2.05) is 29.1 Å². The molecule has 7 heteroatoms. The number of nitrogens with zero attached hydrogens (tertiary/aromatic N) is 4. The normalized spacial score (nSPS) is 11.3. The van der Waals surface area contributed by atoms with Gasteiger partial charge in [0.2, 0.25) is 5.88 Å². The number of benzene rings is 1. The lowest BCUT2D eigenvalue weighted by molar-refractivity contribution is 0.397. The second-order valence-corrected chi connectivity index (χ2v) is 6.20. The van der Waals surface area contributed by atoms with Crippen LogP contribution in [0.1, 0.15) is 18.1 Å². The first-order valence-electron chi connectivity index (χ1n) is 9.38. The molecule has 0 spiro atoms. The second-order valence-electron chi connectivity index (χ2n) is 6.20. The van der Waals surface area contributed by atoms with Gasteiger partial charge in [0.05, 0.1) is 19.3 Å². The molecule has 0 atom stereocenters. The standard InChI is InChI=1S/C21H26N6O/c1-3-22-21(25-16-18-10-12-23-20(15-18)28-2)24-13-9-17-5-7-19(8-6-17)27-14-4-11-26-27/h4-8,10-12,14-15H,3,9,13,16H2,1-2H3,(H2,22,24,25). The molecule has 2 N–H and O–H groups in total. The van der Waals surface area contributed by atoms with E-state index in [2.05, 4.69) is 56.9 Å². The Labute approximate surface area is 165 Å². The molecule has 0 radical (unpaired) electrons. The van der Waals surface area contributed by atoms with Crippen LogP contribution < -0.4 is 15.4 Å². The fourth-order valence-electron chi connectivity index (χ4n) is 2.73. The Hall–Kier alpha value is -3.35. The summed E-state index contributed by atoms with van der Waals surface area (Å²) in [5.41, 5.74) is 3.38. The van der Waals surface area contributed by atoms with Crippen LogP contribution in [0.2, 0.25) is 0 Å². The molecule has 0 aliphatic heterocycles. The van der Waals surface area contributed by atoms with Crippen LogP contribution in [0.25, 0.3) is 5.69 Å². The lowest BCUT2D eigenvalue weighted by Crippen LogP contribution is -2.38. The quantitative estimate of drug-likeness (QED) is 0.465. The van der Waals surface area contributed by atoms with Gasteiger partial charge >= 0.3 is 0 Å². The SMILES string of the molecule is CCNC(=NCc1ccnc(OC)c1)NCCc1ccc(-n2cccn2)cc1. The average Bonchev–Trinajstić information content (AvgIpc) is 3.27. The van der Waals surface area contributed by atoms with Gasteiger partial charge in [-0.15, -0.1) is 0 Å². The molecule has 0 bridgehead atoms. The topological polar surface area (TPSA) is 76.4 Å². The van der Waals surface area contributed by atoms with E-state index in [1.54, 1.807) is 19.5 Å². The van der Waals surface area contributed by atoms with E-state index in [1.165, 1.54) is 5.56 Å². The van der Waals surface area contributed by atoms with Crippen LogP contribution in [-0.4, -0.2) is 40.9 Å². The molecule has 0 aliphatic rings. The summed E-state index contributed by atoms with van der Waals surface area (Å²) in [6.45, 7) is 4.23. The minimum atomic E-state index is 0.562. The highest BCUT2D eigenvalue weighted by molar-refractivity contribution is 5.79. The van der Waals surface area contributed by atoms with Crippen LogP contribution in [0.15, 0.2) is 66.0 Å². The van der Waals surface area contributed by atoms with Crippen LogP contribution >= 0.6 is 0 Å². The Morgan fingerprint density at radius 1 is 1.11 bits per heavy atom. The lowest BCUT2D eigenvalue weighted by Gasteiger charge is -2.12. The molecule has 0 amide bonds. The van der Waals surface area contributed by atoms with Gasteiger partial charge in [0.15, 0.2) is 5.96 Å². The third-order valence-corrected chi connectivity index (χ3v) is 4.18. The van der Waals surface area contributed by atoms with Gasteiger partial charge < -0.3 is 15.4 Å². The summed E-state index contributed by atoms with van der Waals surface area (Å²) in [5, 5.41) is 10.9. The van der Waals surface area contributed by atoms with Crippen molar-refractivity contribution in [3.63, 3.8) is 0 Å². The van der Waals surface area contributed by atoms with Gasteiger partial charge in [0, 0.05) is 37.7 Å². The van der Waals surface area contributed by atoms with E-state index in [0.29, 0.717) is 12.4 Å². The number of methoxy groups -OCH3 is 1. The molecule has 7 nitrogen and oxygen atoms in total. The second kappa shape index (κ2) is 10.1. The minimum absolute atomic E-state index is 0.562. The molecule has 0 saturated heterocycles. The Morgan fingerprint density at radius 2 is 1.96 bits per heavy atom. The van der Waals surface area contributed by atoms with Gasteiger partial charge in [0.1, 0.15) is 0 Å². The molecular formula is C21H26N6O. The molecule has 3 rings (SSSR count). The first kappa shape index (κ1) is 19.4. The number of rotatable bonds is 8. The minimum Gasteiger partial charge on any atom is -0.481 e. The van der Waals surface area contributed by atoms with Crippen molar-refractivity contribution in [3.8, 4) is 11.6 Å². The van der Waals surface area contributed by atoms with Crippen LogP contribution in [0.4, 0.5) is 0 Å². The predicted octanol–water partition coefficient (Wildman–Crippen LogP) is 2.57. The highest BCUT2D eigenvalue weighted by Crippen LogP contribution is 2.10. The summed E-state index contributed by atoms with van der Waals surface area (Å²) < 4.78 is 7.01. The van der Waals surface area contributed by atoms with Crippen molar-refractivity contribution in [3.05, 3.63) is 72.2 Å². The largest absolute Gasteiger partial charge is 0.481 e. The maximum absolute atomic E-state index is 5.16. The summed E-state index contributed by atoms with van der Waals surface area (Å²) >= 11 is 0. The molecule has 28 heavy (non-hydrogen) atoms. The van der Waals surface area contributed by atoms with Crippen LogP contribution in [0.3, 0.4) is 0 Å². The summed E-state index contributed by atoms with van der Waals surface area (Å²) in [6, 6.07) is 14.2. The van der Waals surface area contributed by atoms with Crippen LogP contribution in [0.5, 0.6) is 5.88 Å². The molecule has 0 aliphatic carbocycles. The monoisotopic (exact) mass is 378 g/mol. The van der Waals surface area contributed by atoms with E-state index in [9.17, 15) is 0 Å². The highest BCUT2D eigenvalue weighted by Gasteiger charge is 2.01. The van der Waals surface area contributed by atoms with Crippen LogP contribution in [0, 0.1) is 0 Å². The number of hydrogen-bond donors (Lipinski definition) is 2. The number of aromatic nitrogens is 3. The lowest BCUT2D eigenvalue weighted by atomic mass is 10.1. The number of aliphatic imine (C=N–C) groups is 1. The third-order valence-electron chi connectivity index (χ3n) is 4.18. The summed E-state index contributed by atoms with van der Waals surface area (Å²) in [4.78, 5) is 8.76. The number of guanidine groups is 1. The fourth-order valence-corrected chi connectivity index (χ4v) is 2.73. The van der Waals surface area contributed by atoms with Crippen molar-refractivity contribution in [2.45, 2.75) is 19.9 Å². The first-order valence-corrected chi connectivity index (χ1v) is 9.38. The Morgan fingerprint density at radius 3 is 2.68 bits per heavy atom. The molecule has 146 valence electrons. The Kier molecular flexibility index (Phi) is 7.01. The van der Waals surface area contributed by atoms with Crippen molar-refractivity contribution in [1.82, 2.24) is 25.4 Å². The van der Waals surface area contributed by atoms with Gasteiger partial charge in [-0.3, -0.25) is 0 Å². The van der Waals surface area contributed by atoms with E-state index in [4.69, 9.17) is 4.74 Å². The van der Waals surface area contributed by atoms with Crippen molar-refractivity contribution in [1.29, 1.82) is 0 Å². The average molecular weight is 378 g/mol. The summed E-state index contributed by atoms with van der Waals surface area (Å²) in [7, 11) is 1.61. The smallest absolute Gasteiger partial charge is 0.213 e. The molecule has 2 aromatic heterocycles. The maximum Gasteiger partial charge on any atom is 0.213 e. The van der Waals surface area contributed by atoms with Gasteiger partial charge in [-0.25, -0.2) is 14.7 Å². The van der Waals surface area contributed by atoms with E-state index >= 15 is 0 Å². The first-order chi connectivity index (χ1) is 13.8. The number of ether oxygens (including phenoxy) is 1. The zero-order valence-corrected chi connectivity index (χ0v) is 16.3. The van der Waals surface area contributed by atoms with Crippen molar-refractivity contribution in [2.75, 3.05) is 20.2 Å². The molecular weight excluding hydrogens is 352 g/mol. The van der Waals surface area contributed by atoms with E-state index < -0.39 is 0 Å². The molecule has 3 aromatic rings. The molecule has 1 aromatic carbocycles. The van der Waals surface area contributed by atoms with Gasteiger partial charge in [0.25, 0.3) is 0 Å². The number of pyridine rings is 1. The molecule has 2 heterocycles. The van der Waals surface area contributed by atoms with Crippen LogP contribution in [-0.2, 0) is 13.0 Å². The fraction of sp³-hybridized carbons (Fsp3) is 0.286. The number of hydrogen-bond acceptors (Lipinski definition) is 4. The number of nitrogens with one attached hydrogen (secondary N) is 2. The van der Waals surface area contributed by atoms with E-state index in [-0.39, 0.29) is 0 Å². The van der Waals surface area contributed by atoms with Crippen molar-refractivity contribution in [2.24, 2.45) is 4.99 Å². The Balaban J connectivity index is 1.52. The summed E-state index contributed by atoms with van der Waals surface area (Å²) in [6.07, 6.45) is 6.36. The van der Waals surface area contributed by atoms with Crippen molar-refractivity contribution < 1.29 is 4.74 Å². The van der Waals surface area contributed by atoms with E-state index in [0.717, 1.165) is 36.7 Å². The summed E-state index contributed by atoms with van der Waals surface area (Å²) in [5.74, 6) is 1.40. The van der Waals surface area contributed by atoms with Crippen molar-refractivity contribution >= 4 is 5.96 Å². The predicted molar refractivity (Wildman–Crippen MR) is 111 cm³/mol. The third kappa shape index (κ3) is 5.57. The van der Waals surface area contributed by atoms with Gasteiger partial charge in [-0.2, -0.15) is 5.10 Å². The zero-order chi connectivity index (χ0) is 19.6.